The minimum absolute atomic E-state index is 0.111. The maximum Gasteiger partial charge on any atom is 0.289 e. The van der Waals surface area contributed by atoms with Gasteiger partial charge in [0.25, 0.3) is 5.91 Å². The first-order chi connectivity index (χ1) is 13.4. The maximum atomic E-state index is 13.2. The molecule has 1 aliphatic heterocycles. The van der Waals surface area contributed by atoms with Gasteiger partial charge in [0.15, 0.2) is 17.5 Å². The fourth-order valence-electron chi connectivity index (χ4n) is 3.43. The first-order valence-electron chi connectivity index (χ1n) is 9.44. The lowest BCUT2D eigenvalue weighted by molar-refractivity contribution is -0.121. The molecule has 0 bridgehead atoms. The van der Waals surface area contributed by atoms with Crippen molar-refractivity contribution in [1.82, 2.24) is 20.2 Å². The lowest BCUT2D eigenvalue weighted by Crippen LogP contribution is -2.40. The summed E-state index contributed by atoms with van der Waals surface area (Å²) >= 11 is 0. The van der Waals surface area contributed by atoms with Crippen molar-refractivity contribution in [2.24, 2.45) is 5.92 Å². The number of aromatic nitrogens is 2. The fourth-order valence-corrected chi connectivity index (χ4v) is 3.43. The Morgan fingerprint density at radius 1 is 1.32 bits per heavy atom. The van der Waals surface area contributed by atoms with Crippen molar-refractivity contribution in [3.8, 4) is 0 Å². The van der Waals surface area contributed by atoms with Crippen LogP contribution in [0.4, 0.5) is 8.78 Å². The van der Waals surface area contributed by atoms with E-state index in [-0.39, 0.29) is 24.3 Å². The molecule has 3 rings (SSSR count). The molecule has 0 aliphatic carbocycles. The molecule has 2 heterocycles. The molecule has 0 radical (unpaired) electrons. The van der Waals surface area contributed by atoms with E-state index in [9.17, 15) is 18.4 Å². The first-order valence-corrected chi connectivity index (χ1v) is 9.44. The number of rotatable bonds is 6. The van der Waals surface area contributed by atoms with Gasteiger partial charge in [-0.2, -0.15) is 0 Å². The second kappa shape index (κ2) is 8.95. The van der Waals surface area contributed by atoms with Gasteiger partial charge in [0.1, 0.15) is 0 Å². The van der Waals surface area contributed by atoms with Crippen LogP contribution in [0.5, 0.6) is 0 Å². The highest BCUT2D eigenvalue weighted by atomic mass is 19.2. The third-order valence-corrected chi connectivity index (χ3v) is 4.96. The summed E-state index contributed by atoms with van der Waals surface area (Å²) in [4.78, 5) is 33.4. The van der Waals surface area contributed by atoms with Gasteiger partial charge in [-0.05, 0) is 49.8 Å². The normalized spacial score (nSPS) is 16.8. The van der Waals surface area contributed by atoms with Crippen molar-refractivity contribution in [2.45, 2.75) is 39.2 Å². The number of halogens is 2. The second-order valence-corrected chi connectivity index (χ2v) is 7.24. The molecule has 8 heteroatoms. The van der Waals surface area contributed by atoms with E-state index in [4.69, 9.17) is 0 Å². The van der Waals surface area contributed by atoms with Gasteiger partial charge in [-0.3, -0.25) is 9.59 Å². The average molecular weight is 390 g/mol. The Labute approximate surface area is 162 Å². The fraction of sp³-hybridized carbons (Fsp3) is 0.450. The summed E-state index contributed by atoms with van der Waals surface area (Å²) in [6.45, 7) is 3.30. The van der Waals surface area contributed by atoms with Gasteiger partial charge in [-0.25, -0.2) is 13.8 Å². The quantitative estimate of drug-likeness (QED) is 0.796. The Kier molecular flexibility index (Phi) is 6.38. The molecule has 150 valence electrons. The Bertz CT molecular complexity index is 852. The maximum absolute atomic E-state index is 13.2. The summed E-state index contributed by atoms with van der Waals surface area (Å²) in [5.41, 5.74) is 1.35. The van der Waals surface area contributed by atoms with E-state index in [2.05, 4.69) is 15.3 Å². The van der Waals surface area contributed by atoms with E-state index in [1.165, 1.54) is 6.07 Å². The average Bonchev–Trinajstić information content (AvgIpc) is 3.13. The summed E-state index contributed by atoms with van der Waals surface area (Å²) in [5, 5.41) is 2.72. The zero-order chi connectivity index (χ0) is 20.1. The van der Waals surface area contributed by atoms with Gasteiger partial charge < -0.3 is 15.2 Å². The molecule has 0 spiro atoms. The van der Waals surface area contributed by atoms with Crippen LogP contribution >= 0.6 is 0 Å². The van der Waals surface area contributed by atoms with E-state index in [0.29, 0.717) is 37.3 Å². The number of likely N-dealkylation sites (tertiary alicyclic amines) is 1. The number of aromatic amines is 1. The van der Waals surface area contributed by atoms with Gasteiger partial charge >= 0.3 is 0 Å². The predicted molar refractivity (Wildman–Crippen MR) is 99.4 cm³/mol. The minimum Gasteiger partial charge on any atom is -0.352 e. The summed E-state index contributed by atoms with van der Waals surface area (Å²) in [6, 6.07) is 3.57. The number of piperidine rings is 1. The molecule has 1 atom stereocenters. The number of hydrogen-bond acceptors (Lipinski definition) is 3. The highest BCUT2D eigenvalue weighted by molar-refractivity contribution is 5.90. The second-order valence-electron chi connectivity index (χ2n) is 7.24. The molecule has 1 aromatic heterocycles. The molecule has 1 aromatic carbocycles. The molecular formula is C20H24F2N4O2. The number of carbonyl (C=O) groups is 2. The number of H-pyrrole nitrogens is 1. The highest BCUT2D eigenvalue weighted by Crippen LogP contribution is 2.22. The molecule has 2 aromatic rings. The molecule has 2 amide bonds. The number of carbonyl (C=O) groups excluding carboxylic acids is 2. The van der Waals surface area contributed by atoms with E-state index in [1.807, 2.05) is 6.92 Å². The zero-order valence-electron chi connectivity index (χ0n) is 15.8. The molecule has 1 aliphatic rings. The smallest absolute Gasteiger partial charge is 0.289 e. The van der Waals surface area contributed by atoms with Crippen LogP contribution in [0.15, 0.2) is 24.4 Å². The van der Waals surface area contributed by atoms with E-state index < -0.39 is 11.6 Å². The minimum atomic E-state index is -0.925. The Morgan fingerprint density at radius 2 is 2.14 bits per heavy atom. The van der Waals surface area contributed by atoms with Crippen LogP contribution in [0, 0.1) is 24.5 Å². The van der Waals surface area contributed by atoms with Crippen LogP contribution in [0.3, 0.4) is 0 Å². The van der Waals surface area contributed by atoms with Crippen LogP contribution in [-0.2, 0) is 11.3 Å². The number of nitrogens with zero attached hydrogens (tertiary/aromatic N) is 2. The van der Waals surface area contributed by atoms with Gasteiger partial charge in [0.2, 0.25) is 5.91 Å². The van der Waals surface area contributed by atoms with Gasteiger partial charge in [0, 0.05) is 37.9 Å². The number of amides is 2. The molecule has 28 heavy (non-hydrogen) atoms. The van der Waals surface area contributed by atoms with Crippen LogP contribution in [-0.4, -0.2) is 39.8 Å². The van der Waals surface area contributed by atoms with E-state index >= 15 is 0 Å². The number of nitrogens with one attached hydrogen (secondary N) is 2. The van der Waals surface area contributed by atoms with Crippen LogP contribution in [0.2, 0.25) is 0 Å². The molecule has 1 saturated heterocycles. The van der Waals surface area contributed by atoms with Crippen LogP contribution in [0.25, 0.3) is 0 Å². The van der Waals surface area contributed by atoms with Gasteiger partial charge in [0.05, 0.1) is 0 Å². The van der Waals surface area contributed by atoms with E-state index in [1.54, 1.807) is 11.1 Å². The summed E-state index contributed by atoms with van der Waals surface area (Å²) < 4.78 is 26.1. The van der Waals surface area contributed by atoms with Crippen LogP contribution < -0.4 is 5.32 Å². The van der Waals surface area contributed by atoms with Crippen LogP contribution in [0.1, 0.15) is 47.6 Å². The summed E-state index contributed by atoms with van der Waals surface area (Å²) in [5.74, 6) is -1.48. The Hall–Kier alpha value is -2.77. The molecule has 2 N–H and O–H groups in total. The largest absolute Gasteiger partial charge is 0.352 e. The molecule has 0 saturated carbocycles. The molecular weight excluding hydrogens is 366 g/mol. The molecule has 6 nitrogen and oxygen atoms in total. The third-order valence-electron chi connectivity index (χ3n) is 4.96. The number of benzene rings is 1. The van der Waals surface area contributed by atoms with Crippen molar-refractivity contribution >= 4 is 11.8 Å². The summed E-state index contributed by atoms with van der Waals surface area (Å²) in [6.07, 6.45) is 4.50. The van der Waals surface area contributed by atoms with Crippen molar-refractivity contribution < 1.29 is 18.4 Å². The number of hydrogen-bond donors (Lipinski definition) is 2. The van der Waals surface area contributed by atoms with Crippen molar-refractivity contribution in [3.05, 3.63) is 53.1 Å². The lowest BCUT2D eigenvalue weighted by atomic mass is 9.93. The monoisotopic (exact) mass is 390 g/mol. The predicted octanol–water partition coefficient (Wildman–Crippen LogP) is 2.95. The zero-order valence-corrected chi connectivity index (χ0v) is 15.8. The first kappa shape index (κ1) is 20.0. The topological polar surface area (TPSA) is 78.1 Å². The Morgan fingerprint density at radius 3 is 2.86 bits per heavy atom. The third kappa shape index (κ3) is 5.15. The van der Waals surface area contributed by atoms with Gasteiger partial charge in [-0.15, -0.1) is 0 Å². The number of imidazole rings is 1. The molecule has 1 fully saturated rings. The highest BCUT2D eigenvalue weighted by Gasteiger charge is 2.26. The Balaban J connectivity index is 1.44. The van der Waals surface area contributed by atoms with Crippen molar-refractivity contribution in [2.75, 3.05) is 13.1 Å². The van der Waals surface area contributed by atoms with E-state index in [0.717, 1.165) is 30.7 Å². The SMILES string of the molecule is Cc1cnc(C(=O)N2CCCC(CCC(=O)NCc3ccc(F)c(F)c3)C2)[nH]1. The van der Waals surface area contributed by atoms with Crippen molar-refractivity contribution in [3.63, 3.8) is 0 Å². The van der Waals surface area contributed by atoms with Crippen molar-refractivity contribution in [1.29, 1.82) is 0 Å². The lowest BCUT2D eigenvalue weighted by Gasteiger charge is -2.32. The van der Waals surface area contributed by atoms with Gasteiger partial charge in [-0.1, -0.05) is 6.07 Å². The summed E-state index contributed by atoms with van der Waals surface area (Å²) in [7, 11) is 0. The molecule has 1 unspecified atom stereocenters. The number of aryl methyl sites for hydroxylation is 1. The standard InChI is InChI=1S/C20H24F2N4O2/c1-13-10-24-19(25-13)20(28)26-8-2-3-14(12-26)5-7-18(27)23-11-15-4-6-16(21)17(22)9-15/h4,6,9-10,14H,2-3,5,7-8,11-12H2,1H3,(H,23,27)(H,24,25).